The van der Waals surface area contributed by atoms with E-state index in [1.807, 2.05) is 6.92 Å². The van der Waals surface area contributed by atoms with Crippen LogP contribution in [0.25, 0.3) is 0 Å². The topological polar surface area (TPSA) is 78.1 Å². The van der Waals surface area contributed by atoms with Gasteiger partial charge < -0.3 is 10.2 Å². The van der Waals surface area contributed by atoms with E-state index in [-0.39, 0.29) is 18.4 Å². The summed E-state index contributed by atoms with van der Waals surface area (Å²) >= 11 is 0. The molecular formula is C10H16N4O2. The smallest absolute Gasteiger partial charge is 0.244 e. The maximum Gasteiger partial charge on any atom is 0.244 e. The first-order chi connectivity index (χ1) is 7.41. The molecule has 0 aliphatic rings. The van der Waals surface area contributed by atoms with Crippen LogP contribution >= 0.6 is 0 Å². The number of amides is 2. The zero-order chi connectivity index (χ0) is 12.3. The number of anilines is 1. The van der Waals surface area contributed by atoms with Crippen molar-refractivity contribution in [3.63, 3.8) is 0 Å². The number of aromatic nitrogens is 2. The van der Waals surface area contributed by atoms with Crippen LogP contribution in [0.3, 0.4) is 0 Å². The molecular weight excluding hydrogens is 208 g/mol. The van der Waals surface area contributed by atoms with Gasteiger partial charge in [0.1, 0.15) is 0 Å². The summed E-state index contributed by atoms with van der Waals surface area (Å²) in [5.41, 5.74) is 2.22. The summed E-state index contributed by atoms with van der Waals surface area (Å²) in [6, 6.07) is 0. The lowest BCUT2D eigenvalue weighted by Crippen LogP contribution is -2.33. The van der Waals surface area contributed by atoms with E-state index in [2.05, 4.69) is 15.5 Å². The molecule has 6 heteroatoms. The molecule has 0 aromatic carbocycles. The number of nitrogens with one attached hydrogen (secondary N) is 2. The van der Waals surface area contributed by atoms with Gasteiger partial charge in [0, 0.05) is 14.0 Å². The summed E-state index contributed by atoms with van der Waals surface area (Å²) in [7, 11) is 1.58. The second-order valence-corrected chi connectivity index (χ2v) is 3.73. The Balaban J connectivity index is 2.62. The minimum absolute atomic E-state index is 0.0411. The summed E-state index contributed by atoms with van der Waals surface area (Å²) in [5.74, 6) is -0.374. The number of hydrogen-bond acceptors (Lipinski definition) is 3. The first-order valence-corrected chi connectivity index (χ1v) is 4.95. The van der Waals surface area contributed by atoms with Crippen molar-refractivity contribution in [1.82, 2.24) is 15.1 Å². The Bertz CT molecular complexity index is 391. The van der Waals surface area contributed by atoms with E-state index >= 15 is 0 Å². The van der Waals surface area contributed by atoms with E-state index in [4.69, 9.17) is 0 Å². The standard InChI is InChI=1S/C10H16N4O2/c1-6-10(7(2)13-12-6)11-9(16)5-14(4)8(3)15/h5H2,1-4H3,(H,11,16)(H,12,13). The third-order valence-corrected chi connectivity index (χ3v) is 2.31. The molecule has 88 valence electrons. The normalized spacial score (nSPS) is 10.0. The first-order valence-electron chi connectivity index (χ1n) is 4.95. The van der Waals surface area contributed by atoms with E-state index in [9.17, 15) is 9.59 Å². The average Bonchev–Trinajstić information content (AvgIpc) is 2.49. The van der Waals surface area contributed by atoms with Gasteiger partial charge in [-0.3, -0.25) is 14.7 Å². The van der Waals surface area contributed by atoms with Gasteiger partial charge >= 0.3 is 0 Å². The molecule has 0 bridgehead atoms. The van der Waals surface area contributed by atoms with Gasteiger partial charge in [0.2, 0.25) is 11.8 Å². The number of H-pyrrole nitrogens is 1. The SMILES string of the molecule is CC(=O)N(C)CC(=O)Nc1c(C)n[nH]c1C. The van der Waals surface area contributed by atoms with Crippen LogP contribution in [0.4, 0.5) is 5.69 Å². The summed E-state index contributed by atoms with van der Waals surface area (Å²) in [6.07, 6.45) is 0. The zero-order valence-electron chi connectivity index (χ0n) is 9.92. The van der Waals surface area contributed by atoms with E-state index < -0.39 is 0 Å². The third-order valence-electron chi connectivity index (χ3n) is 2.31. The van der Waals surface area contributed by atoms with Crippen LogP contribution in [0, 0.1) is 13.8 Å². The lowest BCUT2D eigenvalue weighted by atomic mass is 10.3. The van der Waals surface area contributed by atoms with Crippen molar-refractivity contribution in [2.75, 3.05) is 18.9 Å². The number of carbonyl (C=O) groups is 2. The lowest BCUT2D eigenvalue weighted by molar-refractivity contribution is -0.131. The molecule has 0 saturated heterocycles. The molecule has 0 spiro atoms. The van der Waals surface area contributed by atoms with E-state index in [1.165, 1.54) is 11.8 Å². The molecule has 0 fully saturated rings. The van der Waals surface area contributed by atoms with Crippen molar-refractivity contribution in [2.45, 2.75) is 20.8 Å². The Morgan fingerprint density at radius 2 is 2.06 bits per heavy atom. The van der Waals surface area contributed by atoms with Crippen LogP contribution in [0.5, 0.6) is 0 Å². The fraction of sp³-hybridized carbons (Fsp3) is 0.500. The van der Waals surface area contributed by atoms with Gasteiger partial charge in [0.25, 0.3) is 0 Å². The quantitative estimate of drug-likeness (QED) is 0.782. The fourth-order valence-electron chi connectivity index (χ4n) is 1.24. The van der Waals surface area contributed by atoms with Crippen LogP contribution in [0.2, 0.25) is 0 Å². The minimum Gasteiger partial charge on any atom is -0.337 e. The second-order valence-electron chi connectivity index (χ2n) is 3.73. The van der Waals surface area contributed by atoms with Crippen LogP contribution in [0.15, 0.2) is 0 Å². The Kier molecular flexibility index (Phi) is 3.65. The maximum atomic E-state index is 11.6. The molecule has 6 nitrogen and oxygen atoms in total. The Labute approximate surface area is 94.0 Å². The van der Waals surface area contributed by atoms with Gasteiger partial charge in [0.05, 0.1) is 23.6 Å². The van der Waals surface area contributed by atoms with Crippen LogP contribution in [0.1, 0.15) is 18.3 Å². The van der Waals surface area contributed by atoms with Crippen LogP contribution in [-0.2, 0) is 9.59 Å². The zero-order valence-corrected chi connectivity index (χ0v) is 9.92. The predicted octanol–water partition coefficient (Wildman–Crippen LogP) is 0.443. The Morgan fingerprint density at radius 1 is 1.44 bits per heavy atom. The molecule has 0 atom stereocenters. The molecule has 1 aromatic heterocycles. The number of nitrogens with zero attached hydrogens (tertiary/aromatic N) is 2. The number of aromatic amines is 1. The molecule has 16 heavy (non-hydrogen) atoms. The Hall–Kier alpha value is -1.85. The maximum absolute atomic E-state index is 11.6. The largest absolute Gasteiger partial charge is 0.337 e. The van der Waals surface area contributed by atoms with Crippen molar-refractivity contribution in [3.8, 4) is 0 Å². The van der Waals surface area contributed by atoms with Crippen LogP contribution < -0.4 is 5.32 Å². The van der Waals surface area contributed by atoms with Crippen molar-refractivity contribution < 1.29 is 9.59 Å². The van der Waals surface area contributed by atoms with E-state index in [0.29, 0.717) is 5.69 Å². The van der Waals surface area contributed by atoms with Crippen molar-refractivity contribution in [2.24, 2.45) is 0 Å². The lowest BCUT2D eigenvalue weighted by Gasteiger charge is -2.14. The minimum atomic E-state index is -0.231. The number of likely N-dealkylation sites (N-methyl/N-ethyl adjacent to an activating group) is 1. The second kappa shape index (κ2) is 4.78. The average molecular weight is 224 g/mol. The van der Waals surface area contributed by atoms with E-state index in [1.54, 1.807) is 14.0 Å². The summed E-state index contributed by atoms with van der Waals surface area (Å²) in [4.78, 5) is 23.9. The third kappa shape index (κ3) is 2.82. The molecule has 0 unspecified atom stereocenters. The molecule has 0 aliphatic carbocycles. The van der Waals surface area contributed by atoms with Crippen molar-refractivity contribution >= 4 is 17.5 Å². The molecule has 1 aromatic rings. The molecule has 2 amide bonds. The number of rotatable bonds is 3. The van der Waals surface area contributed by atoms with Gasteiger partial charge in [-0.2, -0.15) is 5.10 Å². The molecule has 0 radical (unpaired) electrons. The number of aryl methyl sites for hydroxylation is 2. The highest BCUT2D eigenvalue weighted by Crippen LogP contribution is 2.15. The van der Waals surface area contributed by atoms with Crippen molar-refractivity contribution in [1.29, 1.82) is 0 Å². The van der Waals surface area contributed by atoms with Crippen molar-refractivity contribution in [3.05, 3.63) is 11.4 Å². The van der Waals surface area contributed by atoms with E-state index in [0.717, 1.165) is 11.4 Å². The Morgan fingerprint density at radius 3 is 2.50 bits per heavy atom. The highest BCUT2D eigenvalue weighted by atomic mass is 16.2. The van der Waals surface area contributed by atoms with Crippen LogP contribution in [-0.4, -0.2) is 40.5 Å². The highest BCUT2D eigenvalue weighted by molar-refractivity contribution is 5.95. The number of carbonyl (C=O) groups excluding carboxylic acids is 2. The molecule has 1 rings (SSSR count). The summed E-state index contributed by atoms with van der Waals surface area (Å²) in [6.45, 7) is 5.08. The highest BCUT2D eigenvalue weighted by Gasteiger charge is 2.12. The first kappa shape index (κ1) is 12.2. The fourth-order valence-corrected chi connectivity index (χ4v) is 1.24. The molecule has 0 aliphatic heterocycles. The number of hydrogen-bond donors (Lipinski definition) is 2. The summed E-state index contributed by atoms with van der Waals surface area (Å²) in [5, 5.41) is 9.45. The molecule has 0 saturated carbocycles. The van der Waals surface area contributed by atoms with Gasteiger partial charge in [-0.1, -0.05) is 0 Å². The monoisotopic (exact) mass is 224 g/mol. The molecule has 2 N–H and O–H groups in total. The molecule has 1 heterocycles. The van der Waals surface area contributed by atoms with Gasteiger partial charge in [-0.05, 0) is 13.8 Å². The van der Waals surface area contributed by atoms with Gasteiger partial charge in [0.15, 0.2) is 0 Å². The van der Waals surface area contributed by atoms with Gasteiger partial charge in [-0.25, -0.2) is 0 Å². The summed E-state index contributed by atoms with van der Waals surface area (Å²) < 4.78 is 0. The predicted molar refractivity (Wildman–Crippen MR) is 60.0 cm³/mol. The van der Waals surface area contributed by atoms with Gasteiger partial charge in [-0.15, -0.1) is 0 Å².